The summed E-state index contributed by atoms with van der Waals surface area (Å²) in [6, 6.07) is 5.64. The van der Waals surface area contributed by atoms with Gasteiger partial charge in [0, 0.05) is 12.1 Å². The Bertz CT molecular complexity index is 464. The molecule has 2 atom stereocenters. The molecule has 0 radical (unpaired) electrons. The molecule has 1 fully saturated rings. The second-order valence-electron chi connectivity index (χ2n) is 4.86. The summed E-state index contributed by atoms with van der Waals surface area (Å²) in [5.41, 5.74) is 5.92. The molecule has 3 N–H and O–H groups in total. The van der Waals surface area contributed by atoms with Crippen LogP contribution in [0.25, 0.3) is 0 Å². The number of oxime groups is 1. The molecule has 2 heterocycles. The van der Waals surface area contributed by atoms with E-state index in [0.717, 1.165) is 13.0 Å². The second-order valence-corrected chi connectivity index (χ2v) is 4.86. The maximum absolute atomic E-state index is 8.64. The summed E-state index contributed by atoms with van der Waals surface area (Å²) >= 11 is 0. The van der Waals surface area contributed by atoms with Crippen LogP contribution >= 0.6 is 0 Å². The minimum atomic E-state index is -0.0175. The Hall–Kier alpha value is -1.82. The molecule has 0 spiro atoms. The number of amidine groups is 1. The van der Waals surface area contributed by atoms with Crippen LogP contribution in [0.5, 0.6) is 5.88 Å². The van der Waals surface area contributed by atoms with Crippen LogP contribution in [-0.2, 0) is 0 Å². The van der Waals surface area contributed by atoms with E-state index in [1.54, 1.807) is 18.2 Å². The van der Waals surface area contributed by atoms with Crippen LogP contribution in [-0.4, -0.2) is 46.7 Å². The first-order valence-corrected chi connectivity index (χ1v) is 6.43. The number of hydrogen-bond acceptors (Lipinski definition) is 5. The van der Waals surface area contributed by atoms with Crippen molar-refractivity contribution in [3.05, 3.63) is 23.9 Å². The number of hydrogen-bond donors (Lipinski definition) is 2. The highest BCUT2D eigenvalue weighted by Gasteiger charge is 2.27. The Labute approximate surface area is 112 Å². The molecule has 0 amide bonds. The lowest BCUT2D eigenvalue weighted by molar-refractivity contribution is 0.117. The average Bonchev–Trinajstić information content (AvgIpc) is 2.84. The summed E-state index contributed by atoms with van der Waals surface area (Å²) in [5.74, 6) is 0.480. The summed E-state index contributed by atoms with van der Waals surface area (Å²) < 4.78 is 5.86. The van der Waals surface area contributed by atoms with Gasteiger partial charge in [0.25, 0.3) is 0 Å². The zero-order valence-corrected chi connectivity index (χ0v) is 11.3. The van der Waals surface area contributed by atoms with Crippen molar-refractivity contribution in [3.63, 3.8) is 0 Å². The SMILES string of the molecule is C[C@H](Oc1cccc(/C(N)=N/O)n1)[C@@H]1CCCN1C. The molecule has 0 bridgehead atoms. The number of nitrogens with two attached hydrogens (primary N) is 1. The number of rotatable bonds is 4. The first-order valence-electron chi connectivity index (χ1n) is 6.43. The van der Waals surface area contributed by atoms with Gasteiger partial charge in [0.1, 0.15) is 11.8 Å². The van der Waals surface area contributed by atoms with Gasteiger partial charge in [-0.25, -0.2) is 4.98 Å². The lowest BCUT2D eigenvalue weighted by atomic mass is 10.1. The molecule has 6 heteroatoms. The van der Waals surface area contributed by atoms with Crippen LogP contribution in [0, 0.1) is 0 Å². The monoisotopic (exact) mass is 264 g/mol. The Kier molecular flexibility index (Phi) is 4.21. The Morgan fingerprint density at radius 1 is 1.63 bits per heavy atom. The van der Waals surface area contributed by atoms with E-state index < -0.39 is 0 Å². The van der Waals surface area contributed by atoms with Crippen molar-refractivity contribution in [2.75, 3.05) is 13.6 Å². The summed E-state index contributed by atoms with van der Waals surface area (Å²) in [6.45, 7) is 3.15. The molecule has 19 heavy (non-hydrogen) atoms. The van der Waals surface area contributed by atoms with Crippen molar-refractivity contribution in [2.24, 2.45) is 10.9 Å². The van der Waals surface area contributed by atoms with E-state index in [4.69, 9.17) is 15.7 Å². The van der Waals surface area contributed by atoms with Gasteiger partial charge in [-0.1, -0.05) is 11.2 Å². The zero-order valence-electron chi connectivity index (χ0n) is 11.3. The largest absolute Gasteiger partial charge is 0.473 e. The molecule has 0 aliphatic carbocycles. The molecule has 104 valence electrons. The number of pyridine rings is 1. The lowest BCUT2D eigenvalue weighted by Crippen LogP contribution is -2.38. The van der Waals surface area contributed by atoms with Crippen LogP contribution in [0.3, 0.4) is 0 Å². The van der Waals surface area contributed by atoms with Crippen LogP contribution in [0.2, 0.25) is 0 Å². The minimum Gasteiger partial charge on any atom is -0.473 e. The highest BCUT2D eigenvalue weighted by Crippen LogP contribution is 2.21. The molecule has 2 rings (SSSR count). The minimum absolute atomic E-state index is 0.0175. The van der Waals surface area contributed by atoms with Gasteiger partial charge in [0.2, 0.25) is 5.88 Å². The molecule has 6 nitrogen and oxygen atoms in total. The maximum atomic E-state index is 8.64. The van der Waals surface area contributed by atoms with Gasteiger partial charge in [-0.15, -0.1) is 0 Å². The number of ether oxygens (including phenoxy) is 1. The van der Waals surface area contributed by atoms with E-state index in [0.29, 0.717) is 17.6 Å². The fraction of sp³-hybridized carbons (Fsp3) is 0.538. The van der Waals surface area contributed by atoms with Crippen LogP contribution < -0.4 is 10.5 Å². The normalized spacial score (nSPS) is 22.4. The summed E-state index contributed by atoms with van der Waals surface area (Å²) in [5, 5.41) is 11.6. The van der Waals surface area contributed by atoms with Gasteiger partial charge in [0.05, 0.1) is 0 Å². The lowest BCUT2D eigenvalue weighted by Gasteiger charge is -2.26. The topological polar surface area (TPSA) is 84.0 Å². The molecule has 1 saturated heterocycles. The summed E-state index contributed by atoms with van der Waals surface area (Å²) in [4.78, 5) is 6.53. The third kappa shape index (κ3) is 3.14. The van der Waals surface area contributed by atoms with Crippen molar-refractivity contribution >= 4 is 5.84 Å². The molecule has 0 aromatic carbocycles. The number of nitrogens with zero attached hydrogens (tertiary/aromatic N) is 3. The molecule has 1 aromatic heterocycles. The number of likely N-dealkylation sites (tertiary alicyclic amines) is 1. The van der Waals surface area contributed by atoms with Crippen molar-refractivity contribution in [1.82, 2.24) is 9.88 Å². The quantitative estimate of drug-likeness (QED) is 0.367. The fourth-order valence-corrected chi connectivity index (χ4v) is 2.47. The third-order valence-corrected chi connectivity index (χ3v) is 3.52. The Balaban J connectivity index is 2.06. The van der Waals surface area contributed by atoms with E-state index >= 15 is 0 Å². The number of likely N-dealkylation sites (N-methyl/N-ethyl adjacent to an activating group) is 1. The van der Waals surface area contributed by atoms with Crippen molar-refractivity contribution in [3.8, 4) is 5.88 Å². The highest BCUT2D eigenvalue weighted by atomic mass is 16.5. The fourth-order valence-electron chi connectivity index (χ4n) is 2.47. The maximum Gasteiger partial charge on any atom is 0.214 e. The van der Waals surface area contributed by atoms with Crippen LogP contribution in [0.15, 0.2) is 23.4 Å². The van der Waals surface area contributed by atoms with Crippen molar-refractivity contribution in [1.29, 1.82) is 0 Å². The second kappa shape index (κ2) is 5.88. The standard InChI is InChI=1S/C13H20N4O2/c1-9(11-6-4-8-17(11)2)19-12-7-3-5-10(15-12)13(14)16-18/h3,5,7,9,11,18H,4,6,8H2,1-2H3,(H2,14,16)/t9-,11-/m0/s1. The molecule has 1 aliphatic rings. The van der Waals surface area contributed by atoms with Crippen LogP contribution in [0.4, 0.5) is 0 Å². The van der Waals surface area contributed by atoms with Gasteiger partial charge < -0.3 is 15.7 Å². The molecule has 1 aliphatic heterocycles. The van der Waals surface area contributed by atoms with E-state index in [1.807, 2.05) is 6.92 Å². The zero-order chi connectivity index (χ0) is 13.8. The average molecular weight is 264 g/mol. The van der Waals surface area contributed by atoms with Gasteiger partial charge in [-0.3, -0.25) is 4.90 Å². The van der Waals surface area contributed by atoms with E-state index in [9.17, 15) is 0 Å². The van der Waals surface area contributed by atoms with Crippen molar-refractivity contribution < 1.29 is 9.94 Å². The Morgan fingerprint density at radius 3 is 3.05 bits per heavy atom. The van der Waals surface area contributed by atoms with Crippen LogP contribution in [0.1, 0.15) is 25.5 Å². The summed E-state index contributed by atoms with van der Waals surface area (Å²) in [6.07, 6.45) is 2.40. The first-order chi connectivity index (χ1) is 9.11. The van der Waals surface area contributed by atoms with Gasteiger partial charge in [0.15, 0.2) is 5.84 Å². The predicted octanol–water partition coefficient (Wildman–Crippen LogP) is 1.04. The highest BCUT2D eigenvalue weighted by molar-refractivity contribution is 5.95. The first kappa shape index (κ1) is 13.6. The summed E-state index contributed by atoms with van der Waals surface area (Å²) in [7, 11) is 2.11. The van der Waals surface area contributed by atoms with Gasteiger partial charge in [-0.05, 0) is 39.4 Å². The molecular formula is C13H20N4O2. The molecule has 0 saturated carbocycles. The molecule has 1 aromatic rings. The van der Waals surface area contributed by atoms with Crippen molar-refractivity contribution in [2.45, 2.75) is 31.9 Å². The van der Waals surface area contributed by atoms with Gasteiger partial charge >= 0.3 is 0 Å². The molecule has 0 unspecified atom stereocenters. The Morgan fingerprint density at radius 2 is 2.42 bits per heavy atom. The van der Waals surface area contributed by atoms with E-state index in [-0.39, 0.29) is 11.9 Å². The van der Waals surface area contributed by atoms with E-state index in [1.165, 1.54) is 6.42 Å². The molecular weight excluding hydrogens is 244 g/mol. The van der Waals surface area contributed by atoms with Gasteiger partial charge in [-0.2, -0.15) is 0 Å². The number of aromatic nitrogens is 1. The predicted molar refractivity (Wildman–Crippen MR) is 72.5 cm³/mol. The third-order valence-electron chi connectivity index (χ3n) is 3.52. The smallest absolute Gasteiger partial charge is 0.214 e. The van der Waals surface area contributed by atoms with E-state index in [2.05, 4.69) is 22.1 Å².